The molecule has 4 heteroatoms. The van der Waals surface area contributed by atoms with Crippen LogP contribution in [0.15, 0.2) is 43.5 Å². The Morgan fingerprint density at radius 1 is 1.30 bits per heavy atom. The maximum absolute atomic E-state index is 5.94. The molecule has 0 aliphatic rings. The van der Waals surface area contributed by atoms with Crippen LogP contribution in [0.3, 0.4) is 0 Å². The lowest BCUT2D eigenvalue weighted by Gasteiger charge is -2.17. The van der Waals surface area contributed by atoms with E-state index in [1.54, 1.807) is 6.08 Å². The van der Waals surface area contributed by atoms with Crippen LogP contribution in [0.4, 0.5) is 0 Å². The number of benzene rings is 1. The molecule has 0 atom stereocenters. The number of ether oxygens (including phenoxy) is 2. The summed E-state index contributed by atoms with van der Waals surface area (Å²) in [5.41, 5.74) is 0.969. The summed E-state index contributed by atoms with van der Waals surface area (Å²) in [5.74, 6) is 1.58. The Morgan fingerprint density at radius 3 is 2.78 bits per heavy atom. The van der Waals surface area contributed by atoms with Gasteiger partial charge in [0.05, 0.1) is 26.3 Å². The molecule has 1 aromatic heterocycles. The minimum atomic E-state index is 0.105. The van der Waals surface area contributed by atoms with Crippen molar-refractivity contribution in [2.45, 2.75) is 39.3 Å². The first kappa shape index (κ1) is 17.1. The fourth-order valence-electron chi connectivity index (χ4n) is 2.38. The molecule has 4 nitrogen and oxygen atoms in total. The van der Waals surface area contributed by atoms with Gasteiger partial charge in [0.15, 0.2) is 11.5 Å². The van der Waals surface area contributed by atoms with Crippen molar-refractivity contribution in [3.63, 3.8) is 0 Å². The van der Waals surface area contributed by atoms with E-state index in [1.165, 1.54) is 0 Å². The highest BCUT2D eigenvalue weighted by atomic mass is 16.5. The molecule has 0 radical (unpaired) electrons. The molecule has 0 fully saturated rings. The van der Waals surface area contributed by atoms with E-state index < -0.39 is 0 Å². The summed E-state index contributed by atoms with van der Waals surface area (Å²) in [4.78, 5) is 0. The van der Waals surface area contributed by atoms with Crippen LogP contribution in [0, 0.1) is 0 Å². The van der Waals surface area contributed by atoms with E-state index in [1.807, 2.05) is 49.9 Å². The molecule has 0 N–H and O–H groups in total. The molecule has 0 amide bonds. The third-order valence-corrected chi connectivity index (χ3v) is 3.47. The quantitative estimate of drug-likeness (QED) is 0.522. The van der Waals surface area contributed by atoms with Crippen LogP contribution in [0.25, 0.3) is 6.08 Å². The molecular weight excluding hydrogens is 288 g/mol. The van der Waals surface area contributed by atoms with Crippen LogP contribution in [-0.2, 0) is 13.6 Å². The molecule has 0 saturated carbocycles. The van der Waals surface area contributed by atoms with Crippen LogP contribution in [0.5, 0.6) is 11.5 Å². The standard InChI is InChI=1S/C19H27N2O2/c1-5-17-9-8-10-18(19(17)23-16(2)3)22-14-7-6-11-21-13-12-20(4)15-21/h5,8-10,12-13,15-16H,1,6-7,11,14H2,2-4H3/q+1. The van der Waals surface area contributed by atoms with Gasteiger partial charge in [-0.2, -0.15) is 0 Å². The Labute approximate surface area is 139 Å². The highest BCUT2D eigenvalue weighted by Crippen LogP contribution is 2.33. The van der Waals surface area contributed by atoms with Crippen molar-refractivity contribution in [2.75, 3.05) is 6.61 Å². The van der Waals surface area contributed by atoms with E-state index in [-0.39, 0.29) is 6.10 Å². The van der Waals surface area contributed by atoms with Crippen molar-refractivity contribution in [2.24, 2.45) is 7.05 Å². The fraction of sp³-hybridized carbons (Fsp3) is 0.421. The molecule has 0 bridgehead atoms. The Morgan fingerprint density at radius 2 is 2.13 bits per heavy atom. The van der Waals surface area contributed by atoms with Gasteiger partial charge in [-0.05, 0) is 32.8 Å². The summed E-state index contributed by atoms with van der Waals surface area (Å²) in [6, 6.07) is 5.92. The summed E-state index contributed by atoms with van der Waals surface area (Å²) in [6.07, 6.45) is 10.2. The van der Waals surface area contributed by atoms with Crippen LogP contribution in [-0.4, -0.2) is 17.3 Å². The normalized spacial score (nSPS) is 10.8. The smallest absolute Gasteiger partial charge is 0.243 e. The van der Waals surface area contributed by atoms with Crippen LogP contribution in [0.2, 0.25) is 0 Å². The second kappa shape index (κ2) is 8.42. The number of nitrogens with zero attached hydrogens (tertiary/aromatic N) is 2. The molecule has 2 rings (SSSR count). The zero-order valence-corrected chi connectivity index (χ0v) is 14.4. The number of imidazole rings is 1. The highest BCUT2D eigenvalue weighted by Gasteiger charge is 2.11. The minimum absolute atomic E-state index is 0.105. The van der Waals surface area contributed by atoms with Gasteiger partial charge in [0.1, 0.15) is 12.4 Å². The molecule has 0 aliphatic carbocycles. The van der Waals surface area contributed by atoms with Gasteiger partial charge in [0.25, 0.3) is 0 Å². The lowest BCUT2D eigenvalue weighted by atomic mass is 10.2. The van der Waals surface area contributed by atoms with Gasteiger partial charge < -0.3 is 9.47 Å². The maximum atomic E-state index is 5.94. The second-order valence-corrected chi connectivity index (χ2v) is 5.92. The zero-order chi connectivity index (χ0) is 16.7. The number of unbranched alkanes of at least 4 members (excludes halogenated alkanes) is 1. The van der Waals surface area contributed by atoms with Gasteiger partial charge >= 0.3 is 0 Å². The van der Waals surface area contributed by atoms with Crippen molar-refractivity contribution < 1.29 is 14.0 Å². The Kier molecular flexibility index (Phi) is 6.27. The van der Waals surface area contributed by atoms with Crippen molar-refractivity contribution in [1.29, 1.82) is 0 Å². The number of para-hydroxylation sites is 1. The molecular formula is C19H27N2O2+. The van der Waals surface area contributed by atoms with Crippen molar-refractivity contribution in [1.82, 2.24) is 4.57 Å². The average Bonchev–Trinajstić information content (AvgIpc) is 2.93. The molecule has 0 unspecified atom stereocenters. The van der Waals surface area contributed by atoms with Gasteiger partial charge in [-0.1, -0.05) is 24.8 Å². The fourth-order valence-corrected chi connectivity index (χ4v) is 2.38. The lowest BCUT2D eigenvalue weighted by molar-refractivity contribution is -0.671. The predicted octanol–water partition coefficient (Wildman–Crippen LogP) is 3.60. The summed E-state index contributed by atoms with van der Waals surface area (Å²) < 4.78 is 16.1. The van der Waals surface area contributed by atoms with E-state index in [0.717, 1.165) is 36.4 Å². The molecule has 23 heavy (non-hydrogen) atoms. The van der Waals surface area contributed by atoms with Gasteiger partial charge in [-0.15, -0.1) is 0 Å². The van der Waals surface area contributed by atoms with Gasteiger partial charge in [0.2, 0.25) is 6.33 Å². The Hall–Kier alpha value is -2.23. The minimum Gasteiger partial charge on any atom is -0.490 e. The van der Waals surface area contributed by atoms with E-state index in [4.69, 9.17) is 9.47 Å². The van der Waals surface area contributed by atoms with Crippen molar-refractivity contribution in [3.05, 3.63) is 49.1 Å². The third kappa shape index (κ3) is 5.16. The molecule has 124 valence electrons. The topological polar surface area (TPSA) is 27.3 Å². The van der Waals surface area contributed by atoms with E-state index in [2.05, 4.69) is 23.7 Å². The SMILES string of the molecule is C=Cc1cccc(OCCCCn2cc[n+](C)c2)c1OC(C)C. The first-order valence-electron chi connectivity index (χ1n) is 8.16. The highest BCUT2D eigenvalue weighted by molar-refractivity contribution is 5.61. The predicted molar refractivity (Wildman–Crippen MR) is 92.6 cm³/mol. The summed E-state index contributed by atoms with van der Waals surface area (Å²) in [7, 11) is 2.03. The molecule has 0 aliphatic heterocycles. The second-order valence-electron chi connectivity index (χ2n) is 5.92. The van der Waals surface area contributed by atoms with Crippen LogP contribution < -0.4 is 14.0 Å². The lowest BCUT2D eigenvalue weighted by Crippen LogP contribution is -2.23. The molecule has 2 aromatic rings. The van der Waals surface area contributed by atoms with Gasteiger partial charge in [0, 0.05) is 5.56 Å². The third-order valence-electron chi connectivity index (χ3n) is 3.47. The Bertz CT molecular complexity index is 632. The van der Waals surface area contributed by atoms with Gasteiger partial charge in [-0.25, -0.2) is 9.13 Å². The number of aromatic nitrogens is 2. The monoisotopic (exact) mass is 315 g/mol. The maximum Gasteiger partial charge on any atom is 0.243 e. The van der Waals surface area contributed by atoms with E-state index in [9.17, 15) is 0 Å². The zero-order valence-electron chi connectivity index (χ0n) is 14.4. The Balaban J connectivity index is 1.86. The van der Waals surface area contributed by atoms with E-state index >= 15 is 0 Å². The molecule has 1 heterocycles. The first-order chi connectivity index (χ1) is 11.1. The number of aryl methyl sites for hydroxylation is 2. The first-order valence-corrected chi connectivity index (χ1v) is 8.16. The summed E-state index contributed by atoms with van der Waals surface area (Å²) >= 11 is 0. The largest absolute Gasteiger partial charge is 0.490 e. The summed E-state index contributed by atoms with van der Waals surface area (Å²) in [6.45, 7) is 9.56. The van der Waals surface area contributed by atoms with Gasteiger partial charge in [-0.3, -0.25) is 0 Å². The molecule has 0 spiro atoms. The van der Waals surface area contributed by atoms with Crippen molar-refractivity contribution >= 4 is 6.08 Å². The van der Waals surface area contributed by atoms with E-state index in [0.29, 0.717) is 6.61 Å². The van der Waals surface area contributed by atoms with Crippen molar-refractivity contribution in [3.8, 4) is 11.5 Å². The molecule has 1 aromatic carbocycles. The number of rotatable bonds is 9. The summed E-state index contributed by atoms with van der Waals surface area (Å²) in [5, 5.41) is 0. The van der Waals surface area contributed by atoms with Crippen LogP contribution in [0.1, 0.15) is 32.3 Å². The molecule has 0 saturated heterocycles. The number of hydrogen-bond donors (Lipinski definition) is 0. The average molecular weight is 315 g/mol. The number of hydrogen-bond acceptors (Lipinski definition) is 2. The van der Waals surface area contributed by atoms with Crippen LogP contribution >= 0.6 is 0 Å².